The molecule has 1 aliphatic rings. The van der Waals surface area contributed by atoms with Crippen molar-refractivity contribution in [3.63, 3.8) is 0 Å². The molecule has 0 radical (unpaired) electrons. The molecule has 6 nitrogen and oxygen atoms in total. The molecule has 0 saturated carbocycles. The van der Waals surface area contributed by atoms with Crippen LogP contribution in [0.25, 0.3) is 0 Å². The van der Waals surface area contributed by atoms with E-state index in [0.29, 0.717) is 13.2 Å². The minimum Gasteiger partial charge on any atom is -0.370 e. The highest BCUT2D eigenvalue weighted by Crippen LogP contribution is 2.26. The van der Waals surface area contributed by atoms with Crippen LogP contribution in [-0.4, -0.2) is 46.0 Å². The second-order valence-corrected chi connectivity index (χ2v) is 8.31. The smallest absolute Gasteiger partial charge is 0.255 e. The van der Waals surface area contributed by atoms with E-state index >= 15 is 0 Å². The Morgan fingerprint density at radius 2 is 1.96 bits per heavy atom. The maximum atomic E-state index is 13.1. The van der Waals surface area contributed by atoms with Gasteiger partial charge < -0.3 is 9.64 Å². The van der Waals surface area contributed by atoms with Crippen LogP contribution in [0.5, 0.6) is 0 Å². The van der Waals surface area contributed by atoms with Crippen LogP contribution in [0.4, 0.5) is 4.39 Å². The number of hydrogen-bond acceptors (Lipinski definition) is 4. The van der Waals surface area contributed by atoms with Crippen molar-refractivity contribution in [2.45, 2.75) is 11.0 Å². The summed E-state index contributed by atoms with van der Waals surface area (Å²) >= 11 is 6.14. The van der Waals surface area contributed by atoms with Gasteiger partial charge in [0, 0.05) is 6.54 Å². The van der Waals surface area contributed by atoms with Crippen molar-refractivity contribution in [3.05, 3.63) is 64.4 Å². The molecular formula is C18H18ClFN2O4S. The van der Waals surface area contributed by atoms with Crippen molar-refractivity contribution in [3.8, 4) is 0 Å². The quantitative estimate of drug-likeness (QED) is 0.837. The molecule has 144 valence electrons. The third-order valence-electron chi connectivity index (χ3n) is 4.34. The Balaban J connectivity index is 1.85. The van der Waals surface area contributed by atoms with E-state index in [4.69, 9.17) is 16.3 Å². The van der Waals surface area contributed by atoms with E-state index in [9.17, 15) is 17.6 Å². The standard InChI is InChI=1S/C18H18ClFN2O4S/c1-21-27(24,25)14-6-7-16(19)15(10-14)18(23)22-8-9-26-17(11-22)12-2-4-13(20)5-3-12/h2-7,10,17,21H,8-9,11H2,1H3. The van der Waals surface area contributed by atoms with Crippen molar-refractivity contribution in [1.29, 1.82) is 0 Å². The SMILES string of the molecule is CNS(=O)(=O)c1ccc(Cl)c(C(=O)N2CCOC(c3ccc(F)cc3)C2)c1. The lowest BCUT2D eigenvalue weighted by Gasteiger charge is -2.33. The molecular weight excluding hydrogens is 395 g/mol. The van der Waals surface area contributed by atoms with Gasteiger partial charge in [0.25, 0.3) is 5.91 Å². The zero-order valence-corrected chi connectivity index (χ0v) is 16.1. The van der Waals surface area contributed by atoms with Gasteiger partial charge in [-0.2, -0.15) is 0 Å². The zero-order valence-electron chi connectivity index (χ0n) is 14.5. The monoisotopic (exact) mass is 412 g/mol. The number of amides is 1. The number of hydrogen-bond donors (Lipinski definition) is 1. The van der Waals surface area contributed by atoms with Gasteiger partial charge in [-0.25, -0.2) is 17.5 Å². The third-order valence-corrected chi connectivity index (χ3v) is 6.08. The number of carbonyl (C=O) groups excluding carboxylic acids is 1. The number of nitrogens with one attached hydrogen (secondary N) is 1. The molecule has 2 aromatic rings. The highest BCUT2D eigenvalue weighted by atomic mass is 35.5. The van der Waals surface area contributed by atoms with Gasteiger partial charge in [-0.15, -0.1) is 0 Å². The van der Waals surface area contributed by atoms with Crippen LogP contribution in [0.3, 0.4) is 0 Å². The van der Waals surface area contributed by atoms with Gasteiger partial charge >= 0.3 is 0 Å². The molecule has 1 fully saturated rings. The normalized spacial score (nSPS) is 17.7. The van der Waals surface area contributed by atoms with Gasteiger partial charge in [0.2, 0.25) is 10.0 Å². The molecule has 2 aromatic carbocycles. The van der Waals surface area contributed by atoms with Crippen LogP contribution in [0.15, 0.2) is 47.4 Å². The molecule has 3 rings (SSSR count). The number of morpholine rings is 1. The van der Waals surface area contributed by atoms with Crippen LogP contribution < -0.4 is 4.72 Å². The Labute approximate surface area is 161 Å². The highest BCUT2D eigenvalue weighted by Gasteiger charge is 2.28. The maximum absolute atomic E-state index is 13.1. The summed E-state index contributed by atoms with van der Waals surface area (Å²) in [5.41, 5.74) is 0.860. The van der Waals surface area contributed by atoms with Gasteiger partial charge in [0.05, 0.1) is 28.6 Å². The van der Waals surface area contributed by atoms with Crippen LogP contribution in [0.2, 0.25) is 5.02 Å². The number of ether oxygens (including phenoxy) is 1. The topological polar surface area (TPSA) is 75.7 Å². The van der Waals surface area contributed by atoms with Crippen LogP contribution in [-0.2, 0) is 14.8 Å². The Hall–Kier alpha value is -2.00. The zero-order chi connectivity index (χ0) is 19.6. The molecule has 27 heavy (non-hydrogen) atoms. The van der Waals surface area contributed by atoms with Crippen molar-refractivity contribution in [2.75, 3.05) is 26.7 Å². The molecule has 0 aromatic heterocycles. The van der Waals surface area contributed by atoms with E-state index in [0.717, 1.165) is 5.56 Å². The number of carbonyl (C=O) groups is 1. The molecule has 1 atom stereocenters. The average molecular weight is 413 g/mol. The third kappa shape index (κ3) is 4.30. The fourth-order valence-corrected chi connectivity index (χ4v) is 3.79. The van der Waals surface area contributed by atoms with Gasteiger partial charge in [0.15, 0.2) is 0 Å². The molecule has 9 heteroatoms. The average Bonchev–Trinajstić information content (AvgIpc) is 2.68. The molecule has 0 aliphatic carbocycles. The number of rotatable bonds is 4. The Bertz CT molecular complexity index is 950. The number of benzene rings is 2. The van der Waals surface area contributed by atoms with E-state index in [1.165, 1.54) is 37.4 Å². The van der Waals surface area contributed by atoms with Gasteiger partial charge in [-0.1, -0.05) is 23.7 Å². The lowest BCUT2D eigenvalue weighted by Crippen LogP contribution is -2.42. The number of halogens is 2. The lowest BCUT2D eigenvalue weighted by molar-refractivity contribution is -0.0228. The van der Waals surface area contributed by atoms with Crippen LogP contribution >= 0.6 is 11.6 Å². The summed E-state index contributed by atoms with van der Waals surface area (Å²) in [7, 11) is -2.41. The summed E-state index contributed by atoms with van der Waals surface area (Å²) in [4.78, 5) is 14.4. The van der Waals surface area contributed by atoms with Crippen molar-refractivity contribution in [2.24, 2.45) is 0 Å². The second-order valence-electron chi connectivity index (χ2n) is 6.01. The van der Waals surface area contributed by atoms with Gasteiger partial charge in [-0.3, -0.25) is 4.79 Å². The molecule has 1 heterocycles. The molecule has 1 amide bonds. The fourth-order valence-electron chi connectivity index (χ4n) is 2.84. The van der Waals surface area contributed by atoms with Gasteiger partial charge in [-0.05, 0) is 42.9 Å². The predicted molar refractivity (Wildman–Crippen MR) is 98.7 cm³/mol. The first-order chi connectivity index (χ1) is 12.8. The first-order valence-electron chi connectivity index (χ1n) is 8.21. The van der Waals surface area contributed by atoms with Crippen molar-refractivity contribution >= 4 is 27.5 Å². The van der Waals surface area contributed by atoms with E-state index in [-0.39, 0.29) is 33.8 Å². The Morgan fingerprint density at radius 1 is 1.26 bits per heavy atom. The van der Waals surface area contributed by atoms with Crippen molar-refractivity contribution < 1.29 is 22.3 Å². The first-order valence-corrected chi connectivity index (χ1v) is 10.1. The summed E-state index contributed by atoms with van der Waals surface area (Å²) in [6.45, 7) is 0.902. The summed E-state index contributed by atoms with van der Waals surface area (Å²) in [6, 6.07) is 9.88. The number of nitrogens with zero attached hydrogens (tertiary/aromatic N) is 1. The summed E-state index contributed by atoms with van der Waals surface area (Å²) in [5.74, 6) is -0.736. The Morgan fingerprint density at radius 3 is 2.63 bits per heavy atom. The summed E-state index contributed by atoms with van der Waals surface area (Å²) in [5, 5.41) is 0.167. The summed E-state index contributed by atoms with van der Waals surface area (Å²) < 4.78 is 45.0. The van der Waals surface area contributed by atoms with Crippen LogP contribution in [0.1, 0.15) is 22.0 Å². The molecule has 1 unspecified atom stereocenters. The predicted octanol–water partition coefficient (Wildman–Crippen LogP) is 2.60. The second kappa shape index (κ2) is 7.93. The van der Waals surface area contributed by atoms with E-state index in [1.807, 2.05) is 0 Å². The van der Waals surface area contributed by atoms with E-state index in [2.05, 4.69) is 4.72 Å². The van der Waals surface area contributed by atoms with E-state index < -0.39 is 16.1 Å². The first kappa shape index (κ1) is 19.8. The molecule has 0 spiro atoms. The molecule has 1 N–H and O–H groups in total. The van der Waals surface area contributed by atoms with Crippen molar-refractivity contribution in [1.82, 2.24) is 9.62 Å². The Kier molecular flexibility index (Phi) is 5.81. The van der Waals surface area contributed by atoms with E-state index in [1.54, 1.807) is 17.0 Å². The highest BCUT2D eigenvalue weighted by molar-refractivity contribution is 7.89. The lowest BCUT2D eigenvalue weighted by atomic mass is 10.1. The maximum Gasteiger partial charge on any atom is 0.255 e. The molecule has 1 saturated heterocycles. The van der Waals surface area contributed by atoms with Gasteiger partial charge in [0.1, 0.15) is 11.9 Å². The summed E-state index contributed by atoms with van der Waals surface area (Å²) in [6.07, 6.45) is -0.397. The minimum atomic E-state index is -3.70. The van der Waals surface area contributed by atoms with Crippen LogP contribution in [0, 0.1) is 5.82 Å². The molecule has 1 aliphatic heterocycles. The fraction of sp³-hybridized carbons (Fsp3) is 0.278. The number of sulfonamides is 1. The minimum absolute atomic E-state index is 0.0407. The molecule has 0 bridgehead atoms. The largest absolute Gasteiger partial charge is 0.370 e.